The summed E-state index contributed by atoms with van der Waals surface area (Å²) in [7, 11) is 1.58. The molecule has 28 heavy (non-hydrogen) atoms. The minimum Gasteiger partial charge on any atom is -0.497 e. The van der Waals surface area contributed by atoms with Crippen molar-refractivity contribution in [1.29, 1.82) is 0 Å². The molecule has 1 N–H and O–H groups in total. The van der Waals surface area contributed by atoms with Crippen LogP contribution in [0.15, 0.2) is 72.8 Å². The Morgan fingerprint density at radius 1 is 0.893 bits per heavy atom. The third kappa shape index (κ3) is 5.74. The second-order valence-corrected chi connectivity index (χ2v) is 5.96. The number of carbonyl (C=O) groups excluding carboxylic acids is 1. The molecule has 0 aliphatic carbocycles. The van der Waals surface area contributed by atoms with Crippen LogP contribution in [-0.2, 0) is 11.4 Å². The first kappa shape index (κ1) is 19.2. The fourth-order valence-corrected chi connectivity index (χ4v) is 2.47. The lowest BCUT2D eigenvalue weighted by molar-refractivity contribution is -0.118. The number of methoxy groups -OCH3 is 1. The van der Waals surface area contributed by atoms with Crippen LogP contribution in [0.5, 0.6) is 17.2 Å². The number of nitrogens with one attached hydrogen (secondary N) is 1. The summed E-state index contributed by atoms with van der Waals surface area (Å²) in [6.45, 7) is 0.108. The molecule has 0 bridgehead atoms. The summed E-state index contributed by atoms with van der Waals surface area (Å²) in [5.41, 5.74) is 1.31. The van der Waals surface area contributed by atoms with Crippen LogP contribution in [0.1, 0.15) is 5.56 Å². The van der Waals surface area contributed by atoms with Crippen LogP contribution < -0.4 is 19.5 Å². The number of hydrogen-bond acceptors (Lipinski definition) is 4. The van der Waals surface area contributed by atoms with Crippen LogP contribution in [0, 0.1) is 5.82 Å². The van der Waals surface area contributed by atoms with Gasteiger partial charge in [0.05, 0.1) is 7.11 Å². The predicted octanol–water partition coefficient (Wildman–Crippen LogP) is 4.43. The van der Waals surface area contributed by atoms with Crippen molar-refractivity contribution < 1.29 is 23.4 Å². The quantitative estimate of drug-likeness (QED) is 0.627. The van der Waals surface area contributed by atoms with Crippen LogP contribution in [0.2, 0.25) is 0 Å². The fourth-order valence-electron chi connectivity index (χ4n) is 2.47. The Hall–Kier alpha value is -3.54. The molecule has 144 valence electrons. The van der Waals surface area contributed by atoms with Gasteiger partial charge in [-0.1, -0.05) is 18.2 Å². The van der Waals surface area contributed by atoms with E-state index in [0.29, 0.717) is 22.9 Å². The van der Waals surface area contributed by atoms with E-state index >= 15 is 0 Å². The first-order valence-electron chi connectivity index (χ1n) is 8.66. The molecule has 0 saturated carbocycles. The van der Waals surface area contributed by atoms with Gasteiger partial charge in [0.15, 0.2) is 6.61 Å². The number of carbonyl (C=O) groups is 1. The Labute approximate surface area is 162 Å². The summed E-state index contributed by atoms with van der Waals surface area (Å²) in [4.78, 5) is 12.1. The monoisotopic (exact) mass is 381 g/mol. The Bertz CT molecular complexity index is 928. The number of benzene rings is 3. The maximum atomic E-state index is 13.2. The van der Waals surface area contributed by atoms with Gasteiger partial charge in [-0.25, -0.2) is 4.39 Å². The second kappa shape index (κ2) is 9.41. The SMILES string of the molecule is COc1ccc(OCC(=O)Nc2cccc(OCc3cccc(F)c3)c2)cc1. The van der Waals surface area contributed by atoms with Gasteiger partial charge in [-0.3, -0.25) is 4.79 Å². The lowest BCUT2D eigenvalue weighted by atomic mass is 10.2. The van der Waals surface area contributed by atoms with E-state index in [1.165, 1.54) is 12.1 Å². The van der Waals surface area contributed by atoms with E-state index < -0.39 is 0 Å². The van der Waals surface area contributed by atoms with Crippen molar-refractivity contribution in [2.45, 2.75) is 6.61 Å². The van der Waals surface area contributed by atoms with Crippen molar-refractivity contribution in [2.24, 2.45) is 0 Å². The van der Waals surface area contributed by atoms with Gasteiger partial charge in [0, 0.05) is 11.8 Å². The molecule has 6 heteroatoms. The number of anilines is 1. The van der Waals surface area contributed by atoms with Gasteiger partial charge in [0.1, 0.15) is 29.7 Å². The zero-order valence-corrected chi connectivity index (χ0v) is 15.4. The van der Waals surface area contributed by atoms with Crippen molar-refractivity contribution in [1.82, 2.24) is 0 Å². The highest BCUT2D eigenvalue weighted by atomic mass is 19.1. The predicted molar refractivity (Wildman–Crippen MR) is 104 cm³/mol. The van der Waals surface area contributed by atoms with Crippen LogP contribution >= 0.6 is 0 Å². The summed E-state index contributed by atoms with van der Waals surface area (Å²) < 4.78 is 29.4. The average Bonchev–Trinajstić information content (AvgIpc) is 2.71. The molecule has 0 aromatic heterocycles. The first-order chi connectivity index (χ1) is 13.6. The molecule has 0 saturated heterocycles. The van der Waals surface area contributed by atoms with E-state index in [4.69, 9.17) is 14.2 Å². The van der Waals surface area contributed by atoms with E-state index in [0.717, 1.165) is 5.56 Å². The van der Waals surface area contributed by atoms with E-state index in [1.807, 2.05) is 0 Å². The fraction of sp³-hybridized carbons (Fsp3) is 0.136. The summed E-state index contributed by atoms with van der Waals surface area (Å²) in [6.07, 6.45) is 0. The standard InChI is InChI=1S/C22H20FNO4/c1-26-19-8-10-20(11-9-19)28-15-22(25)24-18-6-3-7-21(13-18)27-14-16-4-2-5-17(23)12-16/h2-13H,14-15H2,1H3,(H,24,25). The van der Waals surface area contributed by atoms with Crippen molar-refractivity contribution >= 4 is 11.6 Å². The van der Waals surface area contributed by atoms with Gasteiger partial charge >= 0.3 is 0 Å². The Morgan fingerprint density at radius 2 is 1.64 bits per heavy atom. The molecule has 5 nitrogen and oxygen atoms in total. The normalized spacial score (nSPS) is 10.2. The summed E-state index contributed by atoms with van der Waals surface area (Å²) in [6, 6.07) is 20.2. The average molecular weight is 381 g/mol. The maximum Gasteiger partial charge on any atom is 0.262 e. The Morgan fingerprint density at radius 3 is 2.39 bits per heavy atom. The summed E-state index contributed by atoms with van der Waals surface area (Å²) in [5, 5.41) is 2.75. The van der Waals surface area contributed by atoms with Gasteiger partial charge in [0.25, 0.3) is 5.91 Å². The minimum atomic E-state index is -0.307. The van der Waals surface area contributed by atoms with Crippen molar-refractivity contribution in [2.75, 3.05) is 19.0 Å². The highest BCUT2D eigenvalue weighted by Crippen LogP contribution is 2.20. The molecule has 3 rings (SSSR count). The molecule has 3 aromatic rings. The molecule has 0 aliphatic rings. The molecule has 0 fully saturated rings. The van der Waals surface area contributed by atoms with E-state index in [2.05, 4.69) is 5.32 Å². The number of halogens is 1. The first-order valence-corrected chi connectivity index (χ1v) is 8.66. The summed E-state index contributed by atoms with van der Waals surface area (Å²) >= 11 is 0. The van der Waals surface area contributed by atoms with Crippen LogP contribution in [0.3, 0.4) is 0 Å². The molecular weight excluding hydrogens is 361 g/mol. The van der Waals surface area contributed by atoms with Gasteiger partial charge in [-0.05, 0) is 54.1 Å². The highest BCUT2D eigenvalue weighted by Gasteiger charge is 2.06. The van der Waals surface area contributed by atoms with E-state index in [9.17, 15) is 9.18 Å². The van der Waals surface area contributed by atoms with Crippen LogP contribution in [0.4, 0.5) is 10.1 Å². The van der Waals surface area contributed by atoms with Crippen molar-refractivity contribution in [3.05, 3.63) is 84.2 Å². The molecule has 0 unspecified atom stereocenters. The molecule has 3 aromatic carbocycles. The number of ether oxygens (including phenoxy) is 3. The lowest BCUT2D eigenvalue weighted by Crippen LogP contribution is -2.20. The molecule has 0 heterocycles. The third-order valence-electron chi connectivity index (χ3n) is 3.84. The zero-order chi connectivity index (χ0) is 19.8. The maximum absolute atomic E-state index is 13.2. The molecule has 1 amide bonds. The topological polar surface area (TPSA) is 56.8 Å². The molecule has 0 radical (unpaired) electrons. The zero-order valence-electron chi connectivity index (χ0n) is 15.4. The van der Waals surface area contributed by atoms with Gasteiger partial charge in [-0.2, -0.15) is 0 Å². The third-order valence-corrected chi connectivity index (χ3v) is 3.84. The van der Waals surface area contributed by atoms with E-state index in [1.54, 1.807) is 67.8 Å². The molecular formula is C22H20FNO4. The van der Waals surface area contributed by atoms with Crippen LogP contribution in [-0.4, -0.2) is 19.6 Å². The Balaban J connectivity index is 1.50. The minimum absolute atomic E-state index is 0.124. The van der Waals surface area contributed by atoms with Gasteiger partial charge < -0.3 is 19.5 Å². The van der Waals surface area contributed by atoms with Crippen molar-refractivity contribution in [3.63, 3.8) is 0 Å². The van der Waals surface area contributed by atoms with E-state index in [-0.39, 0.29) is 24.9 Å². The number of rotatable bonds is 8. The lowest BCUT2D eigenvalue weighted by Gasteiger charge is -2.10. The molecule has 0 aliphatic heterocycles. The number of amides is 1. The molecule has 0 spiro atoms. The summed E-state index contributed by atoms with van der Waals surface area (Å²) in [5.74, 6) is 1.25. The van der Waals surface area contributed by atoms with Gasteiger partial charge in [-0.15, -0.1) is 0 Å². The number of hydrogen-bond donors (Lipinski definition) is 1. The highest BCUT2D eigenvalue weighted by molar-refractivity contribution is 5.92. The van der Waals surface area contributed by atoms with Crippen molar-refractivity contribution in [3.8, 4) is 17.2 Å². The van der Waals surface area contributed by atoms with Gasteiger partial charge in [0.2, 0.25) is 0 Å². The second-order valence-electron chi connectivity index (χ2n) is 5.96. The Kier molecular flexibility index (Phi) is 6.46. The largest absolute Gasteiger partial charge is 0.497 e. The van der Waals surface area contributed by atoms with Crippen LogP contribution in [0.25, 0.3) is 0 Å². The molecule has 0 atom stereocenters. The smallest absolute Gasteiger partial charge is 0.262 e.